The highest BCUT2D eigenvalue weighted by Crippen LogP contribution is 2.26. The quantitative estimate of drug-likeness (QED) is 0.721. The summed E-state index contributed by atoms with van der Waals surface area (Å²) in [6.07, 6.45) is 0.136. The molecule has 0 saturated carbocycles. The van der Waals surface area contributed by atoms with Gasteiger partial charge in [-0.25, -0.2) is 9.18 Å². The number of aromatic nitrogens is 1. The van der Waals surface area contributed by atoms with Crippen LogP contribution in [-0.2, 0) is 9.59 Å². The number of carbonyl (C=O) groups is 3. The Balaban J connectivity index is 1.80. The van der Waals surface area contributed by atoms with E-state index in [0.29, 0.717) is 0 Å². The molecule has 1 saturated heterocycles. The molecule has 1 aliphatic rings. The predicted octanol–water partition coefficient (Wildman–Crippen LogP) is 1.23. The number of nitrogens with zero attached hydrogens (tertiary/aromatic N) is 2. The minimum atomic E-state index is -1.33. The van der Waals surface area contributed by atoms with Gasteiger partial charge >= 0.3 is 12.1 Å². The summed E-state index contributed by atoms with van der Waals surface area (Å²) in [5, 5.41) is 20.6. The van der Waals surface area contributed by atoms with Gasteiger partial charge in [-0.1, -0.05) is 6.07 Å². The van der Waals surface area contributed by atoms with E-state index in [-0.39, 0.29) is 30.0 Å². The Hall–Kier alpha value is -3.69. The molecule has 0 spiro atoms. The Bertz CT molecular complexity index is 1000. The van der Waals surface area contributed by atoms with Gasteiger partial charge in [-0.3, -0.25) is 19.0 Å². The van der Waals surface area contributed by atoms with Crippen molar-refractivity contribution in [2.24, 2.45) is 11.8 Å². The third kappa shape index (κ3) is 3.70. The maximum atomic E-state index is 14.4. The fourth-order valence-corrected chi connectivity index (χ4v) is 3.10. The van der Waals surface area contributed by atoms with Crippen LogP contribution in [0.1, 0.15) is 0 Å². The Morgan fingerprint density at radius 2 is 1.79 bits per heavy atom. The highest BCUT2D eigenvalue weighted by Gasteiger charge is 2.43. The molecule has 1 aliphatic heterocycles. The number of anilines is 1. The molecule has 2 amide bonds. The van der Waals surface area contributed by atoms with Crippen molar-refractivity contribution in [1.82, 2.24) is 9.47 Å². The van der Waals surface area contributed by atoms with Crippen molar-refractivity contribution in [2.75, 3.05) is 18.4 Å². The molecule has 2 atom stereocenters. The van der Waals surface area contributed by atoms with Gasteiger partial charge in [0.2, 0.25) is 5.91 Å². The summed E-state index contributed by atoms with van der Waals surface area (Å²) in [4.78, 5) is 47.5. The van der Waals surface area contributed by atoms with Crippen LogP contribution in [0.3, 0.4) is 0 Å². The summed E-state index contributed by atoms with van der Waals surface area (Å²) < 4.78 is 15.6. The van der Waals surface area contributed by atoms with Crippen LogP contribution in [-0.4, -0.2) is 50.7 Å². The van der Waals surface area contributed by atoms with Gasteiger partial charge in [0, 0.05) is 31.4 Å². The lowest BCUT2D eigenvalue weighted by molar-refractivity contribution is -0.144. The van der Waals surface area contributed by atoms with E-state index in [1.54, 1.807) is 12.1 Å². The average Bonchev–Trinajstić information content (AvgIpc) is 3.10. The lowest BCUT2D eigenvalue weighted by Crippen LogP contribution is -2.33. The summed E-state index contributed by atoms with van der Waals surface area (Å²) in [7, 11) is 0. The molecule has 10 heteroatoms. The first-order valence-corrected chi connectivity index (χ1v) is 8.27. The first-order valence-electron chi connectivity index (χ1n) is 8.27. The molecule has 146 valence electrons. The molecule has 0 aliphatic carbocycles. The largest absolute Gasteiger partial charge is 0.481 e. The number of aliphatic carboxylic acids is 1. The Morgan fingerprint density at radius 1 is 1.07 bits per heavy atom. The Kier molecular flexibility index (Phi) is 5.12. The van der Waals surface area contributed by atoms with Crippen molar-refractivity contribution in [3.05, 3.63) is 58.8 Å². The molecule has 1 fully saturated rings. The van der Waals surface area contributed by atoms with Crippen LogP contribution in [0.25, 0.3) is 5.69 Å². The zero-order chi connectivity index (χ0) is 20.4. The fourth-order valence-electron chi connectivity index (χ4n) is 3.10. The first kappa shape index (κ1) is 19.1. The molecular weight excluding hydrogens is 373 g/mol. The van der Waals surface area contributed by atoms with Crippen LogP contribution < -0.4 is 10.9 Å². The van der Waals surface area contributed by atoms with Gasteiger partial charge in [0.15, 0.2) is 0 Å². The second-order valence-corrected chi connectivity index (χ2v) is 6.30. The third-order valence-electron chi connectivity index (χ3n) is 4.56. The average molecular weight is 389 g/mol. The van der Waals surface area contributed by atoms with E-state index < -0.39 is 35.6 Å². The van der Waals surface area contributed by atoms with E-state index in [1.807, 2.05) is 0 Å². The number of carboxylic acid groups (broad SMARTS) is 2. The van der Waals surface area contributed by atoms with Gasteiger partial charge < -0.3 is 20.4 Å². The SMILES string of the molecule is O=C(O)[C@H]1CN(C(=O)O)C[C@@H]1C(=O)Nc1ccc(-n2ccccc2=O)cc1F. The number of amides is 2. The van der Waals surface area contributed by atoms with Crippen LogP contribution in [0.15, 0.2) is 47.4 Å². The van der Waals surface area contributed by atoms with Crippen LogP contribution in [0.2, 0.25) is 0 Å². The predicted molar refractivity (Wildman–Crippen MR) is 94.8 cm³/mol. The lowest BCUT2D eigenvalue weighted by Gasteiger charge is -2.15. The standard InChI is InChI=1S/C18H16FN3O6/c19-13-7-10(22-6-2-1-3-15(22)23)4-5-14(13)20-16(24)11-8-21(18(27)28)9-12(11)17(25)26/h1-7,11-12H,8-9H2,(H,20,24)(H,25,26)(H,27,28)/t11-,12-/m0/s1. The van der Waals surface area contributed by atoms with Gasteiger partial charge in [0.25, 0.3) is 5.56 Å². The molecule has 2 aromatic rings. The van der Waals surface area contributed by atoms with Gasteiger partial charge in [-0.05, 0) is 18.2 Å². The van der Waals surface area contributed by atoms with Crippen molar-refractivity contribution in [3.63, 3.8) is 0 Å². The normalized spacial score (nSPS) is 18.7. The smallest absolute Gasteiger partial charge is 0.407 e. The van der Waals surface area contributed by atoms with E-state index in [0.717, 1.165) is 11.0 Å². The minimum absolute atomic E-state index is 0.198. The molecule has 1 aromatic heterocycles. The number of pyridine rings is 1. The highest BCUT2D eigenvalue weighted by atomic mass is 19.1. The summed E-state index contributed by atoms with van der Waals surface area (Å²) in [5.74, 6) is -5.28. The third-order valence-corrected chi connectivity index (χ3v) is 4.56. The first-order chi connectivity index (χ1) is 13.3. The summed E-state index contributed by atoms with van der Waals surface area (Å²) in [5.41, 5.74) is -0.305. The number of carbonyl (C=O) groups excluding carboxylic acids is 1. The van der Waals surface area contributed by atoms with Crippen LogP contribution in [0.5, 0.6) is 0 Å². The number of hydrogen-bond donors (Lipinski definition) is 3. The van der Waals surface area contributed by atoms with Gasteiger partial charge in [-0.2, -0.15) is 0 Å². The molecule has 3 rings (SSSR count). The monoisotopic (exact) mass is 389 g/mol. The molecular formula is C18H16FN3O6. The number of halogens is 1. The second kappa shape index (κ2) is 7.51. The zero-order valence-electron chi connectivity index (χ0n) is 14.4. The van der Waals surface area contributed by atoms with Crippen molar-refractivity contribution < 1.29 is 29.0 Å². The molecule has 2 heterocycles. The molecule has 0 bridgehead atoms. The van der Waals surface area contributed by atoms with Crippen LogP contribution >= 0.6 is 0 Å². The summed E-state index contributed by atoms with van der Waals surface area (Å²) >= 11 is 0. The Labute approximate surface area is 157 Å². The van der Waals surface area contributed by atoms with Gasteiger partial charge in [-0.15, -0.1) is 0 Å². The molecule has 28 heavy (non-hydrogen) atoms. The van der Waals surface area contributed by atoms with Crippen LogP contribution in [0, 0.1) is 17.7 Å². The van der Waals surface area contributed by atoms with E-state index in [2.05, 4.69) is 5.32 Å². The minimum Gasteiger partial charge on any atom is -0.481 e. The zero-order valence-corrected chi connectivity index (χ0v) is 14.4. The Morgan fingerprint density at radius 3 is 2.39 bits per heavy atom. The van der Waals surface area contributed by atoms with Crippen molar-refractivity contribution in [3.8, 4) is 5.69 Å². The maximum absolute atomic E-state index is 14.4. The van der Waals surface area contributed by atoms with E-state index >= 15 is 0 Å². The molecule has 1 aromatic carbocycles. The molecule has 3 N–H and O–H groups in total. The number of benzene rings is 1. The summed E-state index contributed by atoms with van der Waals surface area (Å²) in [6, 6.07) is 8.20. The van der Waals surface area contributed by atoms with Gasteiger partial charge in [0.05, 0.1) is 23.2 Å². The number of likely N-dealkylation sites (tertiary alicyclic amines) is 1. The molecule has 0 radical (unpaired) electrons. The highest BCUT2D eigenvalue weighted by molar-refractivity contribution is 5.96. The fraction of sp³-hybridized carbons (Fsp3) is 0.222. The number of carboxylic acids is 1. The number of nitrogens with one attached hydrogen (secondary N) is 1. The van der Waals surface area contributed by atoms with Crippen molar-refractivity contribution in [2.45, 2.75) is 0 Å². The van der Waals surface area contributed by atoms with E-state index in [1.165, 1.54) is 29.0 Å². The van der Waals surface area contributed by atoms with Gasteiger partial charge in [0.1, 0.15) is 5.82 Å². The van der Waals surface area contributed by atoms with E-state index in [9.17, 15) is 28.7 Å². The van der Waals surface area contributed by atoms with Crippen molar-refractivity contribution >= 4 is 23.7 Å². The number of rotatable bonds is 4. The number of hydrogen-bond acceptors (Lipinski definition) is 4. The molecule has 0 unspecified atom stereocenters. The van der Waals surface area contributed by atoms with E-state index in [4.69, 9.17) is 5.11 Å². The lowest BCUT2D eigenvalue weighted by atomic mass is 9.95. The molecule has 9 nitrogen and oxygen atoms in total. The van der Waals surface area contributed by atoms with Crippen LogP contribution in [0.4, 0.5) is 14.9 Å². The second-order valence-electron chi connectivity index (χ2n) is 6.30. The van der Waals surface area contributed by atoms with Crippen molar-refractivity contribution in [1.29, 1.82) is 0 Å². The maximum Gasteiger partial charge on any atom is 0.407 e. The summed E-state index contributed by atoms with van der Waals surface area (Å²) in [6.45, 7) is -0.613. The topological polar surface area (TPSA) is 129 Å².